The maximum atomic E-state index is 14.4. The van der Waals surface area contributed by atoms with Gasteiger partial charge in [0.15, 0.2) is 0 Å². The van der Waals surface area contributed by atoms with Crippen molar-refractivity contribution in [2.75, 3.05) is 13.1 Å². The van der Waals surface area contributed by atoms with Crippen molar-refractivity contribution in [3.63, 3.8) is 0 Å². The first-order valence-corrected chi connectivity index (χ1v) is 13.5. The lowest BCUT2D eigenvalue weighted by Crippen LogP contribution is -2.34. The summed E-state index contributed by atoms with van der Waals surface area (Å²) in [7, 11) is 1.88. The summed E-state index contributed by atoms with van der Waals surface area (Å²) in [6, 6.07) is 8.14. The number of hydrogen-bond donors (Lipinski definition) is 0. The Morgan fingerprint density at radius 1 is 1.15 bits per heavy atom. The van der Waals surface area contributed by atoms with Crippen LogP contribution < -0.4 is 5.69 Å². The monoisotopic (exact) mass is 540 g/mol. The molecule has 0 spiro atoms. The minimum Gasteiger partial charge on any atom is -0.320 e. The molecular formula is C29H33F3N6O. The molecule has 10 heteroatoms. The molecule has 0 radical (unpaired) electrons. The SMILES string of the molecule is [2H]C([2H])(c1cc(C(F)(F)F)c2cn(-c3cccc([C@H](c4nncn4C)C4CCC4)c3)c(=O)n2c1)N1CCC[C@H](C)C1. The van der Waals surface area contributed by atoms with Crippen LogP contribution in [0.3, 0.4) is 0 Å². The van der Waals surface area contributed by atoms with Crippen molar-refractivity contribution in [2.45, 2.75) is 57.6 Å². The summed E-state index contributed by atoms with van der Waals surface area (Å²) in [5, 5.41) is 8.39. The first-order valence-electron chi connectivity index (χ1n) is 14.5. The van der Waals surface area contributed by atoms with E-state index in [-0.39, 0.29) is 22.9 Å². The van der Waals surface area contributed by atoms with Crippen molar-refractivity contribution >= 4 is 5.52 Å². The molecule has 2 fully saturated rings. The van der Waals surface area contributed by atoms with E-state index in [0.29, 0.717) is 24.7 Å². The molecule has 1 saturated carbocycles. The number of imidazole rings is 1. The summed E-state index contributed by atoms with van der Waals surface area (Å²) in [5.41, 5.74) is -0.882. The van der Waals surface area contributed by atoms with Crippen molar-refractivity contribution in [1.29, 1.82) is 0 Å². The molecule has 7 nitrogen and oxygen atoms in total. The predicted octanol–water partition coefficient (Wildman–Crippen LogP) is 5.40. The molecule has 0 unspecified atom stereocenters. The number of piperidine rings is 1. The third kappa shape index (κ3) is 4.90. The van der Waals surface area contributed by atoms with E-state index >= 15 is 0 Å². The predicted molar refractivity (Wildman–Crippen MR) is 142 cm³/mol. The van der Waals surface area contributed by atoms with Crippen LogP contribution in [0.1, 0.15) is 70.2 Å². The largest absolute Gasteiger partial charge is 0.418 e. The van der Waals surface area contributed by atoms with Crippen LogP contribution in [-0.2, 0) is 19.7 Å². The second kappa shape index (κ2) is 9.97. The summed E-state index contributed by atoms with van der Waals surface area (Å²) < 4.78 is 64.7. The van der Waals surface area contributed by atoms with Gasteiger partial charge in [-0.25, -0.2) is 4.79 Å². The van der Waals surface area contributed by atoms with Crippen molar-refractivity contribution in [3.05, 3.63) is 82.1 Å². The fourth-order valence-corrected chi connectivity index (χ4v) is 5.98. The fourth-order valence-electron chi connectivity index (χ4n) is 5.98. The number of benzene rings is 1. The highest BCUT2D eigenvalue weighted by Gasteiger charge is 2.35. The van der Waals surface area contributed by atoms with Gasteiger partial charge in [0.25, 0.3) is 0 Å². The molecule has 4 heterocycles. The second-order valence-corrected chi connectivity index (χ2v) is 11.0. The van der Waals surface area contributed by atoms with Crippen molar-refractivity contribution < 1.29 is 15.9 Å². The number of pyridine rings is 1. The second-order valence-electron chi connectivity index (χ2n) is 11.0. The summed E-state index contributed by atoms with van der Waals surface area (Å²) >= 11 is 0. The van der Waals surface area contributed by atoms with Crippen LogP contribution in [0.2, 0.25) is 0 Å². The zero-order valence-corrected chi connectivity index (χ0v) is 22.0. The van der Waals surface area contributed by atoms with Gasteiger partial charge in [-0.3, -0.25) is 13.9 Å². The van der Waals surface area contributed by atoms with Gasteiger partial charge in [-0.05, 0) is 73.4 Å². The van der Waals surface area contributed by atoms with Crippen LogP contribution in [-0.4, -0.2) is 41.7 Å². The highest BCUT2D eigenvalue weighted by atomic mass is 19.4. The summed E-state index contributed by atoms with van der Waals surface area (Å²) in [5.74, 6) is 1.34. The molecule has 0 N–H and O–H groups in total. The molecule has 0 bridgehead atoms. The lowest BCUT2D eigenvalue weighted by molar-refractivity contribution is -0.136. The molecule has 1 aliphatic carbocycles. The molecule has 3 aromatic heterocycles. The highest BCUT2D eigenvalue weighted by Crippen LogP contribution is 2.43. The maximum Gasteiger partial charge on any atom is 0.418 e. The van der Waals surface area contributed by atoms with E-state index in [1.807, 2.05) is 30.7 Å². The first kappa shape index (κ1) is 23.5. The number of halogens is 3. The van der Waals surface area contributed by atoms with Gasteiger partial charge in [0, 0.05) is 41.1 Å². The van der Waals surface area contributed by atoms with Gasteiger partial charge in [-0.1, -0.05) is 25.5 Å². The van der Waals surface area contributed by atoms with Gasteiger partial charge in [0.2, 0.25) is 0 Å². The number of rotatable bonds is 6. The average molecular weight is 541 g/mol. The van der Waals surface area contributed by atoms with Crippen LogP contribution in [0, 0.1) is 11.8 Å². The lowest BCUT2D eigenvalue weighted by Gasteiger charge is -2.33. The van der Waals surface area contributed by atoms with E-state index in [0.717, 1.165) is 54.0 Å². The van der Waals surface area contributed by atoms with Crippen LogP contribution in [0.5, 0.6) is 0 Å². The number of alkyl halides is 3. The Morgan fingerprint density at radius 2 is 1.97 bits per heavy atom. The summed E-state index contributed by atoms with van der Waals surface area (Å²) in [6.45, 7) is 0.706. The number of hydrogen-bond acceptors (Lipinski definition) is 4. The Labute approximate surface area is 227 Å². The van der Waals surface area contributed by atoms with Crippen LogP contribution in [0.25, 0.3) is 11.2 Å². The Bertz CT molecular complexity index is 1640. The van der Waals surface area contributed by atoms with E-state index in [1.54, 1.807) is 23.4 Å². The summed E-state index contributed by atoms with van der Waals surface area (Å²) in [4.78, 5) is 15.2. The van der Waals surface area contributed by atoms with Crippen LogP contribution in [0.4, 0.5) is 13.2 Å². The zero-order valence-electron chi connectivity index (χ0n) is 24.0. The maximum absolute atomic E-state index is 14.4. The lowest BCUT2D eigenvalue weighted by atomic mass is 9.72. The van der Waals surface area contributed by atoms with Gasteiger partial charge >= 0.3 is 11.9 Å². The van der Waals surface area contributed by atoms with E-state index in [9.17, 15) is 18.0 Å². The van der Waals surface area contributed by atoms with Gasteiger partial charge in [-0.2, -0.15) is 13.2 Å². The minimum absolute atomic E-state index is 0.0551. The van der Waals surface area contributed by atoms with Gasteiger partial charge in [-0.15, -0.1) is 10.2 Å². The molecule has 6 rings (SSSR count). The van der Waals surface area contributed by atoms with Crippen LogP contribution >= 0.6 is 0 Å². The average Bonchev–Trinajstić information content (AvgIpc) is 3.47. The Kier molecular flexibility index (Phi) is 6.00. The molecule has 1 aliphatic heterocycles. The quantitative estimate of drug-likeness (QED) is 0.329. The number of aromatic nitrogens is 5. The molecule has 4 aromatic rings. The molecule has 1 aromatic carbocycles. The normalized spacial score (nSPS) is 21.0. The molecular weight excluding hydrogens is 505 g/mol. The number of nitrogens with zero attached hydrogens (tertiary/aromatic N) is 6. The van der Waals surface area contributed by atoms with Gasteiger partial charge < -0.3 is 4.57 Å². The van der Waals surface area contributed by atoms with E-state index in [2.05, 4.69) is 10.2 Å². The Morgan fingerprint density at radius 3 is 2.64 bits per heavy atom. The first-order chi connectivity index (χ1) is 19.4. The zero-order chi connectivity index (χ0) is 29.1. The van der Waals surface area contributed by atoms with E-state index in [4.69, 9.17) is 2.74 Å². The van der Waals surface area contributed by atoms with E-state index < -0.39 is 23.9 Å². The van der Waals surface area contributed by atoms with Crippen molar-refractivity contribution in [2.24, 2.45) is 18.9 Å². The van der Waals surface area contributed by atoms with Gasteiger partial charge in [0.05, 0.1) is 16.8 Å². The molecule has 39 heavy (non-hydrogen) atoms. The molecule has 2 aliphatic rings. The molecule has 2 atom stereocenters. The standard InChI is InChI=1S/C29H33F3N6O/c1-19-6-5-11-36(14-19)15-20-12-24(29(30,31)32)25-17-37(28(39)38(25)16-20)23-10-4-9-22(13-23)26(21-7-3-8-21)27-34-33-18-35(27)2/h4,9-10,12-13,16-19,21,26H,3,5-8,11,14-15H2,1-2H3/t19-,26+/m0/s1/i15D2. The Hall–Kier alpha value is -3.40. The third-order valence-corrected chi connectivity index (χ3v) is 8.17. The highest BCUT2D eigenvalue weighted by molar-refractivity contribution is 5.58. The van der Waals surface area contributed by atoms with Crippen molar-refractivity contribution in [3.8, 4) is 5.69 Å². The molecule has 206 valence electrons. The summed E-state index contributed by atoms with van der Waals surface area (Å²) in [6.07, 6.45) is 4.19. The number of likely N-dealkylation sites (tertiary alicyclic amines) is 1. The fraction of sp³-hybridized carbons (Fsp3) is 0.483. The van der Waals surface area contributed by atoms with Gasteiger partial charge in [0.1, 0.15) is 12.2 Å². The third-order valence-electron chi connectivity index (χ3n) is 8.17. The minimum atomic E-state index is -4.78. The van der Waals surface area contributed by atoms with Crippen molar-refractivity contribution in [1.82, 2.24) is 28.6 Å². The smallest absolute Gasteiger partial charge is 0.320 e. The van der Waals surface area contributed by atoms with Crippen LogP contribution in [0.15, 0.2) is 53.8 Å². The Balaban J connectivity index is 1.47. The number of aryl methyl sites for hydroxylation is 1. The van der Waals surface area contributed by atoms with E-state index in [1.165, 1.54) is 17.0 Å². The topological polar surface area (TPSA) is 60.4 Å². The number of fused-ring (bicyclic) bond motifs is 1. The molecule has 0 amide bonds. The molecule has 1 saturated heterocycles.